The molecule has 1 N–H and O–H groups in total. The molecule has 0 fully saturated rings. The number of carboxylic acid groups (broad SMARTS) is 1. The molecule has 17 heavy (non-hydrogen) atoms. The van der Waals surface area contributed by atoms with E-state index in [1.165, 1.54) is 0 Å². The number of aromatic carboxylic acids is 1. The normalized spacial score (nSPS) is 19.0. The van der Waals surface area contributed by atoms with E-state index in [9.17, 15) is 4.79 Å². The molecule has 1 aliphatic heterocycles. The number of carbonyl (C=O) groups is 1. The zero-order chi connectivity index (χ0) is 12.6. The van der Waals surface area contributed by atoms with Gasteiger partial charge in [-0.25, -0.2) is 4.79 Å². The second kappa shape index (κ2) is 4.04. The summed E-state index contributed by atoms with van der Waals surface area (Å²) in [5.41, 5.74) is 1.25. The fraction of sp³-hybridized carbons (Fsp3) is 0.462. The Bertz CT molecular complexity index is 454. The highest BCUT2D eigenvalue weighted by atomic mass is 16.5. The standard InChI is InChI=1S/C13H17NO3/c1-13(2)8-17-11-6-9(12(15)16)4-5-10(11)7-14(13)3/h4-6H,7-8H2,1-3H3,(H,15,16). The molecule has 0 unspecified atom stereocenters. The van der Waals surface area contributed by atoms with Crippen LogP contribution < -0.4 is 4.74 Å². The predicted octanol–water partition coefficient (Wildman–Crippen LogP) is 1.99. The molecule has 0 amide bonds. The van der Waals surface area contributed by atoms with E-state index in [4.69, 9.17) is 9.84 Å². The third kappa shape index (κ3) is 2.26. The van der Waals surface area contributed by atoms with Gasteiger partial charge >= 0.3 is 5.97 Å². The molecule has 4 heteroatoms. The maximum absolute atomic E-state index is 10.9. The topological polar surface area (TPSA) is 49.8 Å². The maximum atomic E-state index is 10.9. The molecule has 0 saturated carbocycles. The van der Waals surface area contributed by atoms with Crippen LogP contribution in [0.15, 0.2) is 18.2 Å². The Hall–Kier alpha value is -1.55. The Balaban J connectivity index is 2.37. The molecule has 0 aromatic heterocycles. The van der Waals surface area contributed by atoms with E-state index in [1.807, 2.05) is 13.1 Å². The van der Waals surface area contributed by atoms with Gasteiger partial charge in [0.25, 0.3) is 0 Å². The van der Waals surface area contributed by atoms with Gasteiger partial charge in [-0.15, -0.1) is 0 Å². The highest BCUT2D eigenvalue weighted by Gasteiger charge is 2.28. The fourth-order valence-electron chi connectivity index (χ4n) is 1.79. The van der Waals surface area contributed by atoms with E-state index >= 15 is 0 Å². The molecule has 92 valence electrons. The lowest BCUT2D eigenvalue weighted by Gasteiger charge is -2.32. The lowest BCUT2D eigenvalue weighted by molar-refractivity contribution is 0.0696. The van der Waals surface area contributed by atoms with Crippen molar-refractivity contribution in [3.05, 3.63) is 29.3 Å². The predicted molar refractivity (Wildman–Crippen MR) is 64.4 cm³/mol. The van der Waals surface area contributed by atoms with Crippen LogP contribution in [0.25, 0.3) is 0 Å². The van der Waals surface area contributed by atoms with Gasteiger partial charge in [0.1, 0.15) is 12.4 Å². The van der Waals surface area contributed by atoms with Crippen molar-refractivity contribution in [2.24, 2.45) is 0 Å². The minimum atomic E-state index is -0.923. The Labute approximate surface area is 101 Å². The first-order valence-corrected chi connectivity index (χ1v) is 5.60. The summed E-state index contributed by atoms with van der Waals surface area (Å²) < 4.78 is 5.72. The summed E-state index contributed by atoms with van der Waals surface area (Å²) in [7, 11) is 2.05. The van der Waals surface area contributed by atoms with Gasteiger partial charge in [-0.2, -0.15) is 0 Å². The van der Waals surface area contributed by atoms with Crippen LogP contribution in [-0.4, -0.2) is 35.2 Å². The number of benzene rings is 1. The average Bonchev–Trinajstić information content (AvgIpc) is 2.37. The van der Waals surface area contributed by atoms with E-state index in [1.54, 1.807) is 12.1 Å². The first kappa shape index (κ1) is 11.9. The third-order valence-corrected chi connectivity index (χ3v) is 3.34. The van der Waals surface area contributed by atoms with Crippen LogP contribution in [0.4, 0.5) is 0 Å². The number of ether oxygens (including phenoxy) is 1. The Kier molecular flexibility index (Phi) is 2.83. The smallest absolute Gasteiger partial charge is 0.335 e. The molecule has 0 radical (unpaired) electrons. The molecule has 1 heterocycles. The van der Waals surface area contributed by atoms with Gasteiger partial charge in [0.15, 0.2) is 0 Å². The number of nitrogens with zero attached hydrogens (tertiary/aromatic N) is 1. The first-order valence-electron chi connectivity index (χ1n) is 5.60. The van der Waals surface area contributed by atoms with Crippen molar-refractivity contribution in [3.63, 3.8) is 0 Å². The molecule has 4 nitrogen and oxygen atoms in total. The third-order valence-electron chi connectivity index (χ3n) is 3.34. The Morgan fingerprint density at radius 3 is 2.82 bits per heavy atom. The van der Waals surface area contributed by atoms with Crippen LogP contribution in [0, 0.1) is 0 Å². The molecule has 1 aliphatic rings. The lowest BCUT2D eigenvalue weighted by Crippen LogP contribution is -2.43. The molecule has 0 bridgehead atoms. The second-order valence-corrected chi connectivity index (χ2v) is 5.08. The SMILES string of the molecule is CN1Cc2ccc(C(=O)O)cc2OCC1(C)C. The van der Waals surface area contributed by atoms with Gasteiger partial charge < -0.3 is 9.84 Å². The van der Waals surface area contributed by atoms with Gasteiger partial charge in [0.05, 0.1) is 5.56 Å². The van der Waals surface area contributed by atoms with Crippen molar-refractivity contribution in [1.29, 1.82) is 0 Å². The summed E-state index contributed by atoms with van der Waals surface area (Å²) in [4.78, 5) is 13.1. The molecule has 1 aromatic carbocycles. The van der Waals surface area contributed by atoms with Crippen molar-refractivity contribution in [3.8, 4) is 5.75 Å². The maximum Gasteiger partial charge on any atom is 0.335 e. The zero-order valence-electron chi connectivity index (χ0n) is 10.4. The number of rotatable bonds is 1. The first-order chi connectivity index (χ1) is 7.90. The van der Waals surface area contributed by atoms with Gasteiger partial charge in [-0.1, -0.05) is 6.07 Å². The van der Waals surface area contributed by atoms with Crippen LogP contribution in [0.1, 0.15) is 29.8 Å². The quantitative estimate of drug-likeness (QED) is 0.808. The molecule has 0 aliphatic carbocycles. The van der Waals surface area contributed by atoms with Crippen LogP contribution in [0.5, 0.6) is 5.75 Å². The van der Waals surface area contributed by atoms with Crippen LogP contribution in [0.3, 0.4) is 0 Å². The highest BCUT2D eigenvalue weighted by molar-refractivity contribution is 5.88. The highest BCUT2D eigenvalue weighted by Crippen LogP contribution is 2.29. The van der Waals surface area contributed by atoms with Crippen molar-refractivity contribution in [2.45, 2.75) is 25.9 Å². The van der Waals surface area contributed by atoms with E-state index < -0.39 is 5.97 Å². The summed E-state index contributed by atoms with van der Waals surface area (Å²) in [6.45, 7) is 5.54. The van der Waals surface area contributed by atoms with Crippen LogP contribution >= 0.6 is 0 Å². The number of hydrogen-bond donors (Lipinski definition) is 1. The van der Waals surface area contributed by atoms with E-state index in [0.717, 1.165) is 12.1 Å². The molecule has 2 rings (SSSR count). The molecule has 0 atom stereocenters. The summed E-state index contributed by atoms with van der Waals surface area (Å²) in [5, 5.41) is 8.95. The van der Waals surface area contributed by atoms with Crippen molar-refractivity contribution >= 4 is 5.97 Å². The van der Waals surface area contributed by atoms with Gasteiger partial charge in [-0.05, 0) is 33.0 Å². The van der Waals surface area contributed by atoms with E-state index in [2.05, 4.69) is 18.7 Å². The van der Waals surface area contributed by atoms with Crippen molar-refractivity contribution in [2.75, 3.05) is 13.7 Å². The number of likely N-dealkylation sites (N-methyl/N-ethyl adjacent to an activating group) is 1. The summed E-state index contributed by atoms with van der Waals surface area (Å²) in [6.07, 6.45) is 0. The fourth-order valence-corrected chi connectivity index (χ4v) is 1.79. The van der Waals surface area contributed by atoms with Gasteiger partial charge in [0.2, 0.25) is 0 Å². The van der Waals surface area contributed by atoms with Crippen LogP contribution in [0.2, 0.25) is 0 Å². The Morgan fingerprint density at radius 2 is 2.18 bits per heavy atom. The molecule has 1 aromatic rings. The molecule has 0 saturated heterocycles. The largest absolute Gasteiger partial charge is 0.491 e. The monoisotopic (exact) mass is 235 g/mol. The number of carboxylic acids is 1. The summed E-state index contributed by atoms with van der Waals surface area (Å²) in [6, 6.07) is 5.06. The summed E-state index contributed by atoms with van der Waals surface area (Å²) in [5.74, 6) is -0.240. The number of fused-ring (bicyclic) bond motifs is 1. The Morgan fingerprint density at radius 1 is 1.47 bits per heavy atom. The van der Waals surface area contributed by atoms with E-state index in [0.29, 0.717) is 12.4 Å². The molecular weight excluding hydrogens is 218 g/mol. The van der Waals surface area contributed by atoms with Gasteiger partial charge in [0, 0.05) is 17.6 Å². The van der Waals surface area contributed by atoms with Crippen molar-refractivity contribution < 1.29 is 14.6 Å². The minimum Gasteiger partial charge on any atom is -0.491 e. The van der Waals surface area contributed by atoms with Crippen LogP contribution in [-0.2, 0) is 6.54 Å². The van der Waals surface area contributed by atoms with Crippen molar-refractivity contribution in [1.82, 2.24) is 4.90 Å². The zero-order valence-corrected chi connectivity index (χ0v) is 10.4. The lowest BCUT2D eigenvalue weighted by atomic mass is 10.0. The minimum absolute atomic E-state index is 0.0532. The van der Waals surface area contributed by atoms with Gasteiger partial charge in [-0.3, -0.25) is 4.90 Å². The molecular formula is C13H17NO3. The van der Waals surface area contributed by atoms with E-state index in [-0.39, 0.29) is 11.1 Å². The second-order valence-electron chi connectivity index (χ2n) is 5.08. The average molecular weight is 235 g/mol. The summed E-state index contributed by atoms with van der Waals surface area (Å²) >= 11 is 0. The molecule has 0 spiro atoms. The number of hydrogen-bond acceptors (Lipinski definition) is 3.